The molecule has 1 aromatic carbocycles. The number of rotatable bonds is 2. The van der Waals surface area contributed by atoms with Gasteiger partial charge in [0.15, 0.2) is 5.78 Å². The van der Waals surface area contributed by atoms with Crippen LogP contribution in [0.3, 0.4) is 0 Å². The van der Waals surface area contributed by atoms with E-state index in [9.17, 15) is 4.79 Å². The highest BCUT2D eigenvalue weighted by atomic mass is 16.1. The van der Waals surface area contributed by atoms with Crippen LogP contribution in [0.4, 0.5) is 11.4 Å². The van der Waals surface area contributed by atoms with E-state index in [1.807, 2.05) is 18.2 Å². The maximum absolute atomic E-state index is 11.5. The van der Waals surface area contributed by atoms with Gasteiger partial charge < -0.3 is 10.6 Å². The van der Waals surface area contributed by atoms with Crippen LogP contribution in [0.2, 0.25) is 0 Å². The lowest BCUT2D eigenvalue weighted by atomic mass is 10.0. The van der Waals surface area contributed by atoms with E-state index in [2.05, 4.69) is 11.8 Å². The second-order valence-electron chi connectivity index (χ2n) is 5.35. The molecule has 0 amide bonds. The molecule has 0 aliphatic carbocycles. The van der Waals surface area contributed by atoms with Crippen LogP contribution in [0.15, 0.2) is 18.2 Å². The van der Waals surface area contributed by atoms with E-state index in [1.165, 1.54) is 19.3 Å². The number of ketones is 1. The van der Waals surface area contributed by atoms with Crippen LogP contribution in [-0.4, -0.2) is 18.9 Å². The van der Waals surface area contributed by atoms with Gasteiger partial charge in [-0.2, -0.15) is 0 Å². The van der Waals surface area contributed by atoms with Gasteiger partial charge in [0.1, 0.15) is 0 Å². The van der Waals surface area contributed by atoms with Gasteiger partial charge >= 0.3 is 0 Å². The topological polar surface area (TPSA) is 46.3 Å². The van der Waals surface area contributed by atoms with E-state index < -0.39 is 0 Å². The summed E-state index contributed by atoms with van der Waals surface area (Å²) in [5.74, 6) is 0.841. The quantitative estimate of drug-likeness (QED) is 0.644. The number of nitrogens with two attached hydrogens (primary N) is 1. The number of hydrogen-bond acceptors (Lipinski definition) is 3. The van der Waals surface area contributed by atoms with E-state index in [0.717, 1.165) is 24.7 Å². The summed E-state index contributed by atoms with van der Waals surface area (Å²) >= 11 is 0. The Morgan fingerprint density at radius 2 is 2.11 bits per heavy atom. The lowest BCUT2D eigenvalue weighted by Gasteiger charge is -2.23. The number of Topliss-reactive ketones (excluding diaryl/α,β-unsaturated/α-hetero) is 1. The molecule has 3 nitrogen and oxygen atoms in total. The van der Waals surface area contributed by atoms with Crippen molar-refractivity contribution in [3.8, 4) is 0 Å². The Morgan fingerprint density at radius 1 is 1.33 bits per heavy atom. The number of carbonyl (C=O) groups excluding carboxylic acids is 1. The van der Waals surface area contributed by atoms with Gasteiger partial charge in [-0.25, -0.2) is 0 Å². The SMILES string of the molecule is CC(=O)c1cc(N2CCCC(C)CC2)ccc1N. The third kappa shape index (κ3) is 2.84. The smallest absolute Gasteiger partial charge is 0.161 e. The molecule has 1 unspecified atom stereocenters. The van der Waals surface area contributed by atoms with Crippen molar-refractivity contribution in [2.24, 2.45) is 5.92 Å². The molecular weight excluding hydrogens is 224 g/mol. The fourth-order valence-corrected chi connectivity index (χ4v) is 2.57. The average Bonchev–Trinajstić information content (AvgIpc) is 2.54. The van der Waals surface area contributed by atoms with Crippen molar-refractivity contribution in [3.63, 3.8) is 0 Å². The highest BCUT2D eigenvalue weighted by Crippen LogP contribution is 2.25. The maximum atomic E-state index is 11.5. The minimum Gasteiger partial charge on any atom is -0.398 e. The van der Waals surface area contributed by atoms with Crippen LogP contribution >= 0.6 is 0 Å². The molecule has 0 radical (unpaired) electrons. The van der Waals surface area contributed by atoms with Crippen molar-refractivity contribution in [2.75, 3.05) is 23.7 Å². The Balaban J connectivity index is 2.22. The van der Waals surface area contributed by atoms with Crippen molar-refractivity contribution in [2.45, 2.75) is 33.1 Å². The average molecular weight is 246 g/mol. The molecule has 1 aliphatic rings. The van der Waals surface area contributed by atoms with Crippen LogP contribution in [-0.2, 0) is 0 Å². The summed E-state index contributed by atoms with van der Waals surface area (Å²) in [5, 5.41) is 0. The summed E-state index contributed by atoms with van der Waals surface area (Å²) in [6, 6.07) is 5.81. The molecule has 2 N–H and O–H groups in total. The van der Waals surface area contributed by atoms with E-state index in [1.54, 1.807) is 6.92 Å². The Kier molecular flexibility index (Phi) is 3.90. The first kappa shape index (κ1) is 12.9. The zero-order valence-corrected chi connectivity index (χ0v) is 11.3. The second-order valence-corrected chi connectivity index (χ2v) is 5.35. The Bertz CT molecular complexity index is 442. The van der Waals surface area contributed by atoms with E-state index in [-0.39, 0.29) is 5.78 Å². The number of hydrogen-bond donors (Lipinski definition) is 1. The van der Waals surface area contributed by atoms with Crippen LogP contribution < -0.4 is 10.6 Å². The normalized spacial score (nSPS) is 20.6. The molecule has 0 bridgehead atoms. The third-order valence-electron chi connectivity index (χ3n) is 3.80. The van der Waals surface area contributed by atoms with Crippen molar-refractivity contribution in [1.82, 2.24) is 0 Å². The fourth-order valence-electron chi connectivity index (χ4n) is 2.57. The summed E-state index contributed by atoms with van der Waals surface area (Å²) in [4.78, 5) is 13.9. The van der Waals surface area contributed by atoms with E-state index >= 15 is 0 Å². The molecule has 98 valence electrons. The first-order chi connectivity index (χ1) is 8.58. The Hall–Kier alpha value is -1.51. The van der Waals surface area contributed by atoms with Gasteiger partial charge in [0.2, 0.25) is 0 Å². The lowest BCUT2D eigenvalue weighted by molar-refractivity contribution is 0.101. The van der Waals surface area contributed by atoms with E-state index in [0.29, 0.717) is 11.3 Å². The van der Waals surface area contributed by atoms with Crippen LogP contribution in [0, 0.1) is 5.92 Å². The number of anilines is 2. The summed E-state index contributed by atoms with van der Waals surface area (Å²) in [6.45, 7) is 6.03. The number of nitrogens with zero attached hydrogens (tertiary/aromatic N) is 1. The summed E-state index contributed by atoms with van der Waals surface area (Å²) in [6.07, 6.45) is 3.74. The standard InChI is InChI=1S/C15H22N2O/c1-11-4-3-8-17(9-7-11)13-5-6-15(16)14(10-13)12(2)18/h5-6,10-11H,3-4,7-9,16H2,1-2H3. The van der Waals surface area contributed by atoms with Crippen LogP contribution in [0.1, 0.15) is 43.5 Å². The number of benzene rings is 1. The van der Waals surface area contributed by atoms with Gasteiger partial charge in [-0.15, -0.1) is 0 Å². The van der Waals surface area contributed by atoms with Gasteiger partial charge in [-0.3, -0.25) is 4.79 Å². The molecule has 1 fully saturated rings. The molecule has 1 atom stereocenters. The molecule has 1 heterocycles. The van der Waals surface area contributed by atoms with Crippen molar-refractivity contribution in [3.05, 3.63) is 23.8 Å². The van der Waals surface area contributed by atoms with Gasteiger partial charge in [0.25, 0.3) is 0 Å². The summed E-state index contributed by atoms with van der Waals surface area (Å²) in [5.41, 5.74) is 8.18. The van der Waals surface area contributed by atoms with Gasteiger partial charge in [0, 0.05) is 30.0 Å². The predicted octanol–water partition coefficient (Wildman–Crippen LogP) is 3.10. The molecule has 1 aliphatic heterocycles. The molecular formula is C15H22N2O. The summed E-state index contributed by atoms with van der Waals surface area (Å²) in [7, 11) is 0. The zero-order chi connectivity index (χ0) is 13.1. The maximum Gasteiger partial charge on any atom is 0.161 e. The minimum atomic E-state index is 0.0394. The molecule has 3 heteroatoms. The molecule has 0 spiro atoms. The number of nitrogen functional groups attached to an aromatic ring is 1. The molecule has 1 saturated heterocycles. The highest BCUT2D eigenvalue weighted by Gasteiger charge is 2.15. The van der Waals surface area contributed by atoms with E-state index in [4.69, 9.17) is 5.73 Å². The highest BCUT2D eigenvalue weighted by molar-refractivity contribution is 6.00. The molecule has 0 saturated carbocycles. The Morgan fingerprint density at radius 3 is 2.83 bits per heavy atom. The monoisotopic (exact) mass is 246 g/mol. The molecule has 0 aromatic heterocycles. The molecule has 2 rings (SSSR count). The summed E-state index contributed by atoms with van der Waals surface area (Å²) < 4.78 is 0. The Labute approximate surface area is 109 Å². The predicted molar refractivity (Wildman–Crippen MR) is 76.1 cm³/mol. The third-order valence-corrected chi connectivity index (χ3v) is 3.80. The van der Waals surface area contributed by atoms with Gasteiger partial charge in [-0.05, 0) is 50.3 Å². The van der Waals surface area contributed by atoms with Crippen molar-refractivity contribution in [1.29, 1.82) is 0 Å². The van der Waals surface area contributed by atoms with Crippen molar-refractivity contribution >= 4 is 17.2 Å². The van der Waals surface area contributed by atoms with Gasteiger partial charge in [0.05, 0.1) is 0 Å². The zero-order valence-electron chi connectivity index (χ0n) is 11.3. The number of carbonyl (C=O) groups is 1. The van der Waals surface area contributed by atoms with Gasteiger partial charge in [-0.1, -0.05) is 6.92 Å². The first-order valence-corrected chi connectivity index (χ1v) is 6.73. The fraction of sp³-hybridized carbons (Fsp3) is 0.533. The molecule has 18 heavy (non-hydrogen) atoms. The van der Waals surface area contributed by atoms with Crippen LogP contribution in [0.5, 0.6) is 0 Å². The van der Waals surface area contributed by atoms with Crippen LogP contribution in [0.25, 0.3) is 0 Å². The molecule has 1 aromatic rings. The second kappa shape index (κ2) is 5.42. The largest absolute Gasteiger partial charge is 0.398 e. The lowest BCUT2D eigenvalue weighted by Crippen LogP contribution is -2.24. The first-order valence-electron chi connectivity index (χ1n) is 6.73. The minimum absolute atomic E-state index is 0.0394. The van der Waals surface area contributed by atoms with Crippen molar-refractivity contribution < 1.29 is 4.79 Å².